The predicted octanol–water partition coefficient (Wildman–Crippen LogP) is 16.2. The van der Waals surface area contributed by atoms with Crippen molar-refractivity contribution < 1.29 is 37.9 Å². The van der Waals surface area contributed by atoms with Gasteiger partial charge < -0.3 is 37.9 Å². The van der Waals surface area contributed by atoms with Gasteiger partial charge in [-0.1, -0.05) is 197 Å². The van der Waals surface area contributed by atoms with Gasteiger partial charge >= 0.3 is 0 Å². The molecule has 0 amide bonds. The maximum Gasteiger partial charge on any atom is 0.0667 e. The molecule has 16 fully saturated rings. The molecule has 38 atom stereocenters. The van der Waals surface area contributed by atoms with Crippen molar-refractivity contribution in [1.29, 1.82) is 0 Å². The fourth-order valence-electron chi connectivity index (χ4n) is 29.0. The van der Waals surface area contributed by atoms with E-state index in [1.165, 1.54) is 141 Å². The lowest BCUT2D eigenvalue weighted by Gasteiger charge is -2.57. The van der Waals surface area contributed by atoms with Gasteiger partial charge in [-0.2, -0.15) is 0 Å². The van der Waals surface area contributed by atoms with Crippen molar-refractivity contribution in [3.05, 3.63) is 0 Å². The van der Waals surface area contributed by atoms with E-state index >= 15 is 0 Å². The highest BCUT2D eigenvalue weighted by atomic mass is 16.5. The van der Waals surface area contributed by atoms with Crippen molar-refractivity contribution in [1.82, 2.24) is 42.5 Å². The standard InChI is InChI=1S/C92H162N8O8/c1-9-17-41-101-77-61-39-31-32-40-62(61)78(102-42-18-10-2)70-69(77)85-93-86(70)95-88-72-74(82(106-46-22-14-6)66-52-58-36-28-26-34-56(58)50-64(66)80(72)104-44-20-12-4)90(97-88)99-92-76-75(83(107-47-23-15-7)67-53-59-37-29-30-38-60(59)54-68(67)84(76)108-48-24-16-8)91(100-92)98-89-73-71(87(94-85)96-89)79(103-43-19-11-3)63-49-55-33-25-27-35-57(55)51-65(63)81(73)105-45-21-13-5/h55-100H,9-54H2,1-8H3. The fraction of sp³-hybridized carbons (Fsp3) is 1.00. The zero-order chi connectivity index (χ0) is 73.8. The van der Waals surface area contributed by atoms with E-state index < -0.39 is 0 Å². The number of hydrogen-bond donors (Lipinski definition) is 8. The second-order valence-electron chi connectivity index (χ2n) is 39.7. The molecule has 11 saturated carbocycles. The number of rotatable bonds is 32. The molecular formula is C92H162N8O8. The van der Waals surface area contributed by atoms with Crippen LogP contribution in [0.15, 0.2) is 0 Å². The van der Waals surface area contributed by atoms with Gasteiger partial charge in [-0.15, -0.1) is 0 Å². The first-order valence-electron chi connectivity index (χ1n) is 48.3. The summed E-state index contributed by atoms with van der Waals surface area (Å²) in [5.74, 6) is 9.36. The summed E-state index contributed by atoms with van der Waals surface area (Å²) in [6, 6.07) is 0. The fourth-order valence-corrected chi connectivity index (χ4v) is 29.0. The third-order valence-electron chi connectivity index (χ3n) is 33.8. The minimum atomic E-state index is -0.0729. The Hall–Kier alpha value is -0.640. The number of hydrogen-bond acceptors (Lipinski definition) is 16. The maximum absolute atomic E-state index is 7.96. The zero-order valence-corrected chi connectivity index (χ0v) is 69.7. The van der Waals surface area contributed by atoms with E-state index in [0.29, 0.717) is 47.3 Å². The van der Waals surface area contributed by atoms with Crippen LogP contribution in [0.4, 0.5) is 0 Å². The van der Waals surface area contributed by atoms with Crippen LogP contribution < -0.4 is 42.5 Å². The summed E-state index contributed by atoms with van der Waals surface area (Å²) in [7, 11) is 0. The van der Waals surface area contributed by atoms with Crippen LogP contribution in [0, 0.1) is 130 Å². The second-order valence-corrected chi connectivity index (χ2v) is 39.7. The molecule has 16 aliphatic rings. The molecule has 0 radical (unpaired) electrons. The number of nitrogens with one attached hydrogen (secondary N) is 8. The van der Waals surface area contributed by atoms with Crippen LogP contribution in [0.3, 0.4) is 0 Å². The smallest absolute Gasteiger partial charge is 0.0667 e. The lowest BCUT2D eigenvalue weighted by Crippen LogP contribution is -2.64. The number of fused-ring (bicyclic) bond motifs is 27. The van der Waals surface area contributed by atoms with Gasteiger partial charge in [0.25, 0.3) is 0 Å². The Balaban J connectivity index is 0.891. The molecule has 16 nitrogen and oxygen atoms in total. The van der Waals surface area contributed by atoms with Crippen molar-refractivity contribution in [3.8, 4) is 0 Å². The SMILES string of the molecule is CCCCOC1C2CCCCC2C(OCCCC)C2C3NC(NC4NC(NC5NC(NC6NC(N3)C3C(OCCCC)C7CC8CCCCC8CC7C(OCCCC)C63)C3C(OCCCC)C6CC7CCCCC7CC6C(OCCCC)C53)C3C(OCCCC)C5CC6CCCCC6CC5C(OCCCC)C43)C12. The van der Waals surface area contributed by atoms with Crippen LogP contribution in [0.25, 0.3) is 0 Å². The van der Waals surface area contributed by atoms with E-state index in [1.807, 2.05) is 0 Å². The molecule has 38 unspecified atom stereocenters. The third kappa shape index (κ3) is 16.5. The molecule has 5 heterocycles. The Morgan fingerprint density at radius 2 is 0.324 bits per heavy atom. The topological polar surface area (TPSA) is 170 Å². The Morgan fingerprint density at radius 3 is 0.472 bits per heavy atom. The molecule has 16 rings (SSSR count). The average Bonchev–Trinajstić information content (AvgIpc) is 1.52. The Kier molecular flexibility index (Phi) is 28.8. The normalized spacial score (nSPS) is 48.4. The number of unbranched alkanes of at least 4 members (excludes halogenated alkanes) is 8. The molecule has 8 bridgehead atoms. The van der Waals surface area contributed by atoms with E-state index in [4.69, 9.17) is 80.4 Å². The minimum Gasteiger partial charge on any atom is -0.378 e. The van der Waals surface area contributed by atoms with Crippen LogP contribution in [-0.4, -0.2) is 151 Å². The maximum atomic E-state index is 7.96. The summed E-state index contributed by atoms with van der Waals surface area (Å²) in [6.07, 6.45) is 47.1. The molecule has 16 heteroatoms. The molecule has 0 spiro atoms. The van der Waals surface area contributed by atoms with Gasteiger partial charge in [0.15, 0.2) is 0 Å². The van der Waals surface area contributed by atoms with Crippen LogP contribution >= 0.6 is 0 Å². The van der Waals surface area contributed by atoms with Gasteiger partial charge in [-0.05, 0) is 186 Å². The highest BCUT2D eigenvalue weighted by molar-refractivity contribution is 5.21. The minimum absolute atomic E-state index is 0.0715. The number of ether oxygens (including phenoxy) is 8. The first-order chi connectivity index (χ1) is 53.3. The molecule has 8 N–H and O–H groups in total. The summed E-state index contributed by atoms with van der Waals surface area (Å²) < 4.78 is 63.3. The van der Waals surface area contributed by atoms with Gasteiger partial charge in [0.1, 0.15) is 0 Å². The Bertz CT molecular complexity index is 2530. The van der Waals surface area contributed by atoms with E-state index in [0.717, 1.165) is 191 Å². The van der Waals surface area contributed by atoms with Gasteiger partial charge in [0.05, 0.1) is 98.2 Å². The van der Waals surface area contributed by atoms with Crippen molar-refractivity contribution in [3.63, 3.8) is 0 Å². The summed E-state index contributed by atoms with van der Waals surface area (Å²) in [6.45, 7) is 25.5. The monoisotopic (exact) mass is 1510 g/mol. The van der Waals surface area contributed by atoms with Crippen LogP contribution in [-0.2, 0) is 37.9 Å². The van der Waals surface area contributed by atoms with Crippen molar-refractivity contribution in [2.75, 3.05) is 52.9 Å². The molecule has 0 aromatic carbocycles. The quantitative estimate of drug-likeness (QED) is 0.0299. The Labute approximate surface area is 657 Å². The first-order valence-corrected chi connectivity index (χ1v) is 48.3. The van der Waals surface area contributed by atoms with Gasteiger partial charge in [0, 0.05) is 100 Å². The Morgan fingerprint density at radius 1 is 0.185 bits per heavy atom. The largest absolute Gasteiger partial charge is 0.378 e. The second kappa shape index (κ2) is 38.4. The van der Waals surface area contributed by atoms with Crippen LogP contribution in [0.5, 0.6) is 0 Å². The van der Waals surface area contributed by atoms with E-state index in [9.17, 15) is 0 Å². The lowest BCUT2D eigenvalue weighted by atomic mass is 9.53. The van der Waals surface area contributed by atoms with Crippen molar-refractivity contribution in [2.45, 2.75) is 398 Å². The molecule has 618 valence electrons. The molecule has 0 aromatic rings. The van der Waals surface area contributed by atoms with E-state index in [-0.39, 0.29) is 146 Å². The van der Waals surface area contributed by atoms with Crippen molar-refractivity contribution >= 4 is 0 Å². The van der Waals surface area contributed by atoms with Gasteiger partial charge in [-0.25, -0.2) is 0 Å². The van der Waals surface area contributed by atoms with Gasteiger partial charge in [-0.3, -0.25) is 42.5 Å². The first kappa shape index (κ1) is 81.1. The van der Waals surface area contributed by atoms with Crippen LogP contribution in [0.1, 0.15) is 299 Å². The molecule has 0 aromatic heterocycles. The summed E-state index contributed by atoms with van der Waals surface area (Å²) in [5.41, 5.74) is 0. The van der Waals surface area contributed by atoms with E-state index in [1.54, 1.807) is 0 Å². The summed E-state index contributed by atoms with van der Waals surface area (Å²) in [4.78, 5) is 0. The van der Waals surface area contributed by atoms with Crippen molar-refractivity contribution in [2.24, 2.45) is 130 Å². The van der Waals surface area contributed by atoms with E-state index in [2.05, 4.69) is 55.4 Å². The summed E-state index contributed by atoms with van der Waals surface area (Å²) >= 11 is 0. The summed E-state index contributed by atoms with van der Waals surface area (Å²) in [5, 5.41) is 38.5. The average molecular weight is 1510 g/mol. The highest BCUT2D eigenvalue weighted by Crippen LogP contribution is 2.62. The molecule has 11 aliphatic carbocycles. The van der Waals surface area contributed by atoms with Gasteiger partial charge in [0.2, 0.25) is 0 Å². The molecule has 5 aliphatic heterocycles. The lowest BCUT2D eigenvalue weighted by molar-refractivity contribution is -0.193. The highest BCUT2D eigenvalue weighted by Gasteiger charge is 2.70. The van der Waals surface area contributed by atoms with Crippen LogP contribution in [0.2, 0.25) is 0 Å². The zero-order valence-electron chi connectivity index (χ0n) is 69.7. The molecular weight excluding hydrogens is 1350 g/mol. The third-order valence-corrected chi connectivity index (χ3v) is 33.8. The molecule has 108 heavy (non-hydrogen) atoms. The predicted molar refractivity (Wildman–Crippen MR) is 431 cm³/mol. The molecule has 5 saturated heterocycles.